The summed E-state index contributed by atoms with van der Waals surface area (Å²) in [7, 11) is 0. The summed E-state index contributed by atoms with van der Waals surface area (Å²) in [5, 5.41) is 10.5. The molecule has 1 aliphatic carbocycles. The molecule has 0 bridgehead atoms. The van der Waals surface area contributed by atoms with Crippen molar-refractivity contribution in [1.29, 1.82) is 0 Å². The van der Waals surface area contributed by atoms with Gasteiger partial charge in [0.1, 0.15) is 6.10 Å². The highest BCUT2D eigenvalue weighted by Crippen LogP contribution is 2.36. The van der Waals surface area contributed by atoms with Crippen LogP contribution in [0.15, 0.2) is 23.8 Å². The van der Waals surface area contributed by atoms with Crippen LogP contribution >= 0.6 is 11.3 Å². The van der Waals surface area contributed by atoms with Gasteiger partial charge in [-0.3, -0.25) is 0 Å². The third-order valence-corrected chi connectivity index (χ3v) is 5.13. The van der Waals surface area contributed by atoms with E-state index in [9.17, 15) is 5.11 Å². The Morgan fingerprint density at radius 2 is 1.94 bits per heavy atom. The van der Waals surface area contributed by atoms with Crippen molar-refractivity contribution in [1.82, 2.24) is 0 Å². The van der Waals surface area contributed by atoms with Crippen LogP contribution in [0.2, 0.25) is 0 Å². The largest absolute Gasteiger partial charge is 0.383 e. The number of aliphatic hydroxyl groups excluding tert-OH is 1. The van der Waals surface area contributed by atoms with Crippen molar-refractivity contribution in [3.05, 3.63) is 33.5 Å². The highest BCUT2D eigenvalue weighted by Gasteiger charge is 2.21. The quantitative estimate of drug-likeness (QED) is 0.748. The summed E-state index contributed by atoms with van der Waals surface area (Å²) in [6.45, 7) is 6.67. The fourth-order valence-electron chi connectivity index (χ4n) is 2.37. The normalized spacial score (nSPS) is 19.2. The van der Waals surface area contributed by atoms with E-state index in [1.807, 2.05) is 0 Å². The molecule has 0 aromatic carbocycles. The third kappa shape index (κ3) is 3.24. The molecule has 0 aliphatic heterocycles. The van der Waals surface area contributed by atoms with Gasteiger partial charge in [-0.25, -0.2) is 0 Å². The van der Waals surface area contributed by atoms with Crippen molar-refractivity contribution in [2.75, 3.05) is 0 Å². The Balaban J connectivity index is 2.15. The molecular weight excluding hydrogens is 240 g/mol. The molecule has 1 N–H and O–H groups in total. The molecular formula is C16H24OS. The van der Waals surface area contributed by atoms with Gasteiger partial charge >= 0.3 is 0 Å². The minimum atomic E-state index is -0.371. The summed E-state index contributed by atoms with van der Waals surface area (Å²) >= 11 is 1.76. The van der Waals surface area contributed by atoms with Crippen LogP contribution in [0.25, 0.3) is 0 Å². The molecule has 0 radical (unpaired) electrons. The fourth-order valence-corrected chi connectivity index (χ4v) is 3.47. The Hall–Kier alpha value is -0.600. The zero-order chi connectivity index (χ0) is 13.2. The molecule has 1 aliphatic rings. The molecule has 1 nitrogen and oxygen atoms in total. The summed E-state index contributed by atoms with van der Waals surface area (Å²) in [5.41, 5.74) is 1.41. The maximum absolute atomic E-state index is 10.5. The van der Waals surface area contributed by atoms with Gasteiger partial charge in [0.05, 0.1) is 0 Å². The van der Waals surface area contributed by atoms with Gasteiger partial charge in [0.25, 0.3) is 0 Å². The molecule has 2 rings (SSSR count). The molecule has 100 valence electrons. The Kier molecular flexibility index (Phi) is 4.29. The molecule has 1 atom stereocenters. The number of aliphatic hydroxyl groups is 1. The highest BCUT2D eigenvalue weighted by atomic mass is 32.1. The van der Waals surface area contributed by atoms with E-state index < -0.39 is 0 Å². The van der Waals surface area contributed by atoms with E-state index >= 15 is 0 Å². The Morgan fingerprint density at radius 3 is 2.61 bits per heavy atom. The van der Waals surface area contributed by atoms with E-state index in [0.717, 1.165) is 17.7 Å². The first kappa shape index (κ1) is 13.8. The van der Waals surface area contributed by atoms with E-state index in [-0.39, 0.29) is 11.5 Å². The molecule has 0 amide bonds. The van der Waals surface area contributed by atoms with Crippen molar-refractivity contribution >= 4 is 11.3 Å². The molecule has 1 heterocycles. The number of allylic oxidation sites excluding steroid dienone is 1. The first-order valence-corrected chi connectivity index (χ1v) is 7.77. The van der Waals surface area contributed by atoms with Crippen LogP contribution < -0.4 is 0 Å². The van der Waals surface area contributed by atoms with Gasteiger partial charge in [0.2, 0.25) is 0 Å². The van der Waals surface area contributed by atoms with E-state index in [2.05, 4.69) is 39.0 Å². The molecule has 1 aromatic rings. The van der Waals surface area contributed by atoms with E-state index in [1.54, 1.807) is 11.3 Å². The zero-order valence-corrected chi connectivity index (χ0v) is 12.5. The van der Waals surface area contributed by atoms with Crippen LogP contribution in [-0.4, -0.2) is 5.11 Å². The molecule has 0 spiro atoms. The SMILES string of the molecule is CC(C)(C)c1ccc(C(O)C2=CCCCCC2)s1. The summed E-state index contributed by atoms with van der Waals surface area (Å²) in [5.74, 6) is 0. The summed E-state index contributed by atoms with van der Waals surface area (Å²) in [4.78, 5) is 2.46. The van der Waals surface area contributed by atoms with Crippen LogP contribution in [-0.2, 0) is 5.41 Å². The van der Waals surface area contributed by atoms with Crippen LogP contribution in [0, 0.1) is 0 Å². The summed E-state index contributed by atoms with van der Waals surface area (Å²) in [6, 6.07) is 4.27. The molecule has 2 heteroatoms. The lowest BCUT2D eigenvalue weighted by molar-refractivity contribution is 0.214. The van der Waals surface area contributed by atoms with Gasteiger partial charge in [0, 0.05) is 9.75 Å². The van der Waals surface area contributed by atoms with E-state index in [1.165, 1.54) is 29.7 Å². The second kappa shape index (κ2) is 5.58. The van der Waals surface area contributed by atoms with Gasteiger partial charge in [-0.1, -0.05) is 33.3 Å². The maximum Gasteiger partial charge on any atom is 0.109 e. The van der Waals surface area contributed by atoms with Crippen LogP contribution in [0.5, 0.6) is 0 Å². The van der Waals surface area contributed by atoms with Crippen molar-refractivity contribution in [2.24, 2.45) is 0 Å². The number of hydrogen-bond acceptors (Lipinski definition) is 2. The fraction of sp³-hybridized carbons (Fsp3) is 0.625. The van der Waals surface area contributed by atoms with Crippen molar-refractivity contribution in [3.8, 4) is 0 Å². The second-order valence-corrected chi connectivity index (χ2v) is 7.35. The molecule has 1 aromatic heterocycles. The highest BCUT2D eigenvalue weighted by molar-refractivity contribution is 7.12. The lowest BCUT2D eigenvalue weighted by Crippen LogP contribution is -2.07. The topological polar surface area (TPSA) is 20.2 Å². The molecule has 0 saturated heterocycles. The van der Waals surface area contributed by atoms with E-state index in [4.69, 9.17) is 0 Å². The zero-order valence-electron chi connectivity index (χ0n) is 11.7. The Labute approximate surface area is 115 Å². The van der Waals surface area contributed by atoms with Crippen LogP contribution in [0.3, 0.4) is 0 Å². The van der Waals surface area contributed by atoms with Gasteiger partial charge in [-0.05, 0) is 48.8 Å². The molecule has 1 unspecified atom stereocenters. The lowest BCUT2D eigenvalue weighted by atomic mass is 9.95. The van der Waals surface area contributed by atoms with Gasteiger partial charge in [-0.15, -0.1) is 11.3 Å². The second-order valence-electron chi connectivity index (χ2n) is 6.23. The van der Waals surface area contributed by atoms with E-state index in [0.29, 0.717) is 0 Å². The smallest absolute Gasteiger partial charge is 0.109 e. The summed E-state index contributed by atoms with van der Waals surface area (Å²) < 4.78 is 0. The standard InChI is InChI=1S/C16H24OS/c1-16(2,3)14-11-10-13(18-14)15(17)12-8-6-4-5-7-9-12/h8,10-11,15,17H,4-7,9H2,1-3H3. The van der Waals surface area contributed by atoms with Crippen molar-refractivity contribution in [3.63, 3.8) is 0 Å². The minimum Gasteiger partial charge on any atom is -0.383 e. The third-order valence-electron chi connectivity index (χ3n) is 3.56. The first-order valence-electron chi connectivity index (χ1n) is 6.95. The van der Waals surface area contributed by atoms with Crippen molar-refractivity contribution < 1.29 is 5.11 Å². The molecule has 0 fully saturated rings. The Morgan fingerprint density at radius 1 is 1.17 bits per heavy atom. The van der Waals surface area contributed by atoms with Gasteiger partial charge < -0.3 is 5.11 Å². The number of rotatable bonds is 2. The first-order chi connectivity index (χ1) is 8.48. The lowest BCUT2D eigenvalue weighted by Gasteiger charge is -2.16. The molecule has 0 saturated carbocycles. The average Bonchev–Trinajstić information content (AvgIpc) is 2.65. The van der Waals surface area contributed by atoms with Gasteiger partial charge in [-0.2, -0.15) is 0 Å². The molecule has 18 heavy (non-hydrogen) atoms. The monoisotopic (exact) mass is 264 g/mol. The van der Waals surface area contributed by atoms with Crippen LogP contribution in [0.1, 0.15) is 68.7 Å². The Bertz CT molecular complexity index is 423. The number of hydrogen-bond donors (Lipinski definition) is 1. The maximum atomic E-state index is 10.5. The van der Waals surface area contributed by atoms with Gasteiger partial charge in [0.15, 0.2) is 0 Å². The minimum absolute atomic E-state index is 0.181. The summed E-state index contributed by atoms with van der Waals surface area (Å²) in [6.07, 6.45) is 7.87. The number of thiophene rings is 1. The van der Waals surface area contributed by atoms with Crippen LogP contribution in [0.4, 0.5) is 0 Å². The predicted molar refractivity (Wildman–Crippen MR) is 79.1 cm³/mol. The average molecular weight is 264 g/mol. The predicted octanol–water partition coefficient (Wildman–Crippen LogP) is 4.97. The van der Waals surface area contributed by atoms with Crippen molar-refractivity contribution in [2.45, 2.75) is 64.4 Å².